The zero-order valence-corrected chi connectivity index (χ0v) is 6.25. The Labute approximate surface area is 66.0 Å². The topological polar surface area (TPSA) is 34.1 Å². The Morgan fingerprint density at radius 2 is 2.45 bits per heavy atom. The number of hydrogen-bond donors (Lipinski definition) is 0. The summed E-state index contributed by atoms with van der Waals surface area (Å²) < 4.78 is 0. The first-order valence-corrected chi connectivity index (χ1v) is 3.71. The van der Waals surface area contributed by atoms with Crippen LogP contribution in [0.2, 0.25) is 0 Å². The van der Waals surface area contributed by atoms with Crippen molar-refractivity contribution in [2.45, 2.75) is 19.3 Å². The second-order valence-electron chi connectivity index (χ2n) is 2.82. The molecule has 0 heterocycles. The van der Waals surface area contributed by atoms with Gasteiger partial charge in [0.05, 0.1) is 0 Å². The monoisotopic (exact) mass is 150 g/mol. The van der Waals surface area contributed by atoms with E-state index < -0.39 is 0 Å². The largest absolute Gasteiger partial charge is 0.303 e. The van der Waals surface area contributed by atoms with Crippen molar-refractivity contribution in [1.82, 2.24) is 0 Å². The van der Waals surface area contributed by atoms with Crippen molar-refractivity contribution in [3.05, 3.63) is 0 Å². The van der Waals surface area contributed by atoms with Crippen molar-refractivity contribution in [3.63, 3.8) is 0 Å². The highest BCUT2D eigenvalue weighted by atomic mass is 16.1. The van der Waals surface area contributed by atoms with Crippen LogP contribution < -0.4 is 0 Å². The first-order valence-electron chi connectivity index (χ1n) is 3.71. The quantitative estimate of drug-likeness (QED) is 0.431. The Hall–Kier alpha value is -1.10. The Morgan fingerprint density at radius 3 is 3.00 bits per heavy atom. The fraction of sp³-hybridized carbons (Fsp3) is 0.556. The second-order valence-corrected chi connectivity index (χ2v) is 2.82. The van der Waals surface area contributed by atoms with Crippen LogP contribution in [0.3, 0.4) is 0 Å². The van der Waals surface area contributed by atoms with Crippen LogP contribution in [0.25, 0.3) is 0 Å². The lowest BCUT2D eigenvalue weighted by molar-refractivity contribution is -0.123. The molecule has 0 N–H and O–H groups in total. The first kappa shape index (κ1) is 8.00. The number of carbonyl (C=O) groups is 2. The molecular formula is C9H10O2. The van der Waals surface area contributed by atoms with Gasteiger partial charge in [-0.2, -0.15) is 0 Å². The molecule has 0 aromatic rings. The van der Waals surface area contributed by atoms with Gasteiger partial charge in [0, 0.05) is 24.7 Å². The van der Waals surface area contributed by atoms with E-state index in [1.807, 2.05) is 0 Å². The fourth-order valence-corrected chi connectivity index (χ4v) is 1.49. The molecule has 2 heteroatoms. The molecule has 0 aromatic heterocycles. The van der Waals surface area contributed by atoms with E-state index in [0.29, 0.717) is 19.3 Å². The van der Waals surface area contributed by atoms with E-state index in [-0.39, 0.29) is 17.6 Å². The molecule has 1 fully saturated rings. The van der Waals surface area contributed by atoms with Crippen LogP contribution in [0.4, 0.5) is 0 Å². The summed E-state index contributed by atoms with van der Waals surface area (Å²) in [6, 6.07) is 0. The molecule has 0 bridgehead atoms. The van der Waals surface area contributed by atoms with Crippen molar-refractivity contribution < 1.29 is 9.59 Å². The standard InChI is InChI=1S/C9H10O2/c1-2-3-8-7(6-10)4-5-9(8)11/h1,6-8H,3-5H2/t7-,8-/m0/s1. The number of carbonyl (C=O) groups excluding carboxylic acids is 2. The average Bonchev–Trinajstić information content (AvgIpc) is 2.34. The van der Waals surface area contributed by atoms with Gasteiger partial charge in [-0.1, -0.05) is 0 Å². The van der Waals surface area contributed by atoms with Crippen LogP contribution in [0.5, 0.6) is 0 Å². The molecule has 0 unspecified atom stereocenters. The van der Waals surface area contributed by atoms with Crippen molar-refractivity contribution in [2.24, 2.45) is 11.8 Å². The van der Waals surface area contributed by atoms with Crippen molar-refractivity contribution in [3.8, 4) is 12.3 Å². The molecule has 1 aliphatic carbocycles. The highest BCUT2D eigenvalue weighted by Crippen LogP contribution is 2.29. The van der Waals surface area contributed by atoms with Gasteiger partial charge < -0.3 is 4.79 Å². The van der Waals surface area contributed by atoms with Crippen LogP contribution in [-0.2, 0) is 9.59 Å². The Bertz CT molecular complexity index is 212. The molecule has 1 saturated carbocycles. The third-order valence-electron chi connectivity index (χ3n) is 2.17. The Morgan fingerprint density at radius 1 is 1.73 bits per heavy atom. The zero-order valence-electron chi connectivity index (χ0n) is 6.25. The van der Waals surface area contributed by atoms with Crippen LogP contribution in [0.15, 0.2) is 0 Å². The summed E-state index contributed by atoms with van der Waals surface area (Å²) in [5.41, 5.74) is 0. The lowest BCUT2D eigenvalue weighted by atomic mass is 9.94. The molecule has 2 atom stereocenters. The molecule has 1 aliphatic rings. The van der Waals surface area contributed by atoms with Crippen molar-refractivity contribution in [2.75, 3.05) is 0 Å². The number of hydrogen-bond acceptors (Lipinski definition) is 2. The molecule has 2 nitrogen and oxygen atoms in total. The summed E-state index contributed by atoms with van der Waals surface area (Å²) in [5, 5.41) is 0. The van der Waals surface area contributed by atoms with Gasteiger partial charge in [-0.25, -0.2) is 0 Å². The number of rotatable bonds is 2. The zero-order chi connectivity index (χ0) is 8.27. The highest BCUT2D eigenvalue weighted by molar-refractivity contribution is 5.87. The third kappa shape index (κ3) is 1.48. The minimum absolute atomic E-state index is 0.112. The summed E-state index contributed by atoms with van der Waals surface area (Å²) >= 11 is 0. The third-order valence-corrected chi connectivity index (χ3v) is 2.17. The van der Waals surface area contributed by atoms with Crippen molar-refractivity contribution >= 4 is 12.1 Å². The maximum absolute atomic E-state index is 11.1. The van der Waals surface area contributed by atoms with Gasteiger partial charge in [0.25, 0.3) is 0 Å². The summed E-state index contributed by atoms with van der Waals surface area (Å²) in [6.45, 7) is 0. The van der Waals surface area contributed by atoms with Crippen LogP contribution in [0, 0.1) is 24.2 Å². The van der Waals surface area contributed by atoms with Gasteiger partial charge in [-0.3, -0.25) is 4.79 Å². The molecule has 0 aromatic carbocycles. The normalized spacial score (nSPS) is 29.9. The van der Waals surface area contributed by atoms with Gasteiger partial charge in [0.2, 0.25) is 0 Å². The maximum Gasteiger partial charge on any atom is 0.137 e. The van der Waals surface area contributed by atoms with E-state index in [4.69, 9.17) is 6.42 Å². The Balaban J connectivity index is 2.64. The van der Waals surface area contributed by atoms with Crippen LogP contribution in [-0.4, -0.2) is 12.1 Å². The van der Waals surface area contributed by atoms with Crippen molar-refractivity contribution in [1.29, 1.82) is 0 Å². The summed E-state index contributed by atoms with van der Waals surface area (Å²) in [5.74, 6) is 2.28. The number of Topliss-reactive ketones (excluding diaryl/α,β-unsaturated/α-hetero) is 1. The molecule has 0 saturated heterocycles. The lowest BCUT2D eigenvalue weighted by Gasteiger charge is -2.07. The summed E-state index contributed by atoms with van der Waals surface area (Å²) in [7, 11) is 0. The first-order chi connectivity index (χ1) is 5.29. The van der Waals surface area contributed by atoms with Gasteiger partial charge in [-0.15, -0.1) is 12.3 Å². The van der Waals surface area contributed by atoms with Crippen LogP contribution >= 0.6 is 0 Å². The number of ketones is 1. The molecule has 58 valence electrons. The van der Waals surface area contributed by atoms with Gasteiger partial charge in [0.1, 0.15) is 12.1 Å². The predicted octanol–water partition coefficient (Wildman–Crippen LogP) is 0.804. The molecule has 11 heavy (non-hydrogen) atoms. The minimum Gasteiger partial charge on any atom is -0.303 e. The minimum atomic E-state index is -0.183. The SMILES string of the molecule is C#CC[C@@H]1C(=O)CC[C@H]1C=O. The average molecular weight is 150 g/mol. The molecule has 0 radical (unpaired) electrons. The van der Waals surface area contributed by atoms with E-state index >= 15 is 0 Å². The maximum atomic E-state index is 11.1. The second kappa shape index (κ2) is 3.34. The molecule has 0 spiro atoms. The molecule has 1 rings (SSSR count). The number of aldehydes is 1. The molecular weight excluding hydrogens is 140 g/mol. The lowest BCUT2D eigenvalue weighted by Crippen LogP contribution is -2.14. The molecule has 0 amide bonds. The molecule has 0 aliphatic heterocycles. The fourth-order valence-electron chi connectivity index (χ4n) is 1.49. The van der Waals surface area contributed by atoms with E-state index in [9.17, 15) is 9.59 Å². The predicted molar refractivity (Wildman–Crippen MR) is 40.7 cm³/mol. The van der Waals surface area contributed by atoms with Gasteiger partial charge in [0.15, 0.2) is 0 Å². The van der Waals surface area contributed by atoms with Gasteiger partial charge in [-0.05, 0) is 6.42 Å². The summed E-state index contributed by atoms with van der Waals surface area (Å²) in [4.78, 5) is 21.5. The number of terminal acetylenes is 1. The van der Waals surface area contributed by atoms with E-state index in [0.717, 1.165) is 6.29 Å². The van der Waals surface area contributed by atoms with Crippen LogP contribution in [0.1, 0.15) is 19.3 Å². The van der Waals surface area contributed by atoms with E-state index in [1.165, 1.54) is 0 Å². The summed E-state index contributed by atoms with van der Waals surface area (Å²) in [6.07, 6.45) is 7.56. The van der Waals surface area contributed by atoms with Gasteiger partial charge >= 0.3 is 0 Å². The van der Waals surface area contributed by atoms with E-state index in [1.54, 1.807) is 0 Å². The Kier molecular flexibility index (Phi) is 2.43. The smallest absolute Gasteiger partial charge is 0.137 e. The van der Waals surface area contributed by atoms with E-state index in [2.05, 4.69) is 5.92 Å². The highest BCUT2D eigenvalue weighted by Gasteiger charge is 2.33.